The summed E-state index contributed by atoms with van der Waals surface area (Å²) in [5.41, 5.74) is 0. The summed E-state index contributed by atoms with van der Waals surface area (Å²) in [6.07, 6.45) is 6.59. The highest BCUT2D eigenvalue weighted by Crippen LogP contribution is 2.22. The van der Waals surface area contributed by atoms with Gasteiger partial charge in [-0.25, -0.2) is 0 Å². The molecule has 118 valence electrons. The van der Waals surface area contributed by atoms with E-state index in [1.165, 1.54) is 12.8 Å². The lowest BCUT2D eigenvalue weighted by Crippen LogP contribution is -2.37. The van der Waals surface area contributed by atoms with E-state index < -0.39 is 0 Å². The van der Waals surface area contributed by atoms with Crippen molar-refractivity contribution in [2.45, 2.75) is 52.0 Å². The Balaban J connectivity index is 1.65. The Morgan fingerprint density at radius 2 is 2.38 bits per heavy atom. The number of piperidine rings is 1. The first kappa shape index (κ1) is 16.1. The lowest BCUT2D eigenvalue weighted by molar-refractivity contribution is -0.123. The summed E-state index contributed by atoms with van der Waals surface area (Å²) >= 11 is 0. The van der Waals surface area contributed by atoms with Crippen LogP contribution in [0.5, 0.6) is 0 Å². The van der Waals surface area contributed by atoms with Crippen LogP contribution >= 0.6 is 0 Å². The highest BCUT2D eigenvalue weighted by atomic mass is 16.3. The normalized spacial score (nSPS) is 21.7. The van der Waals surface area contributed by atoms with E-state index >= 15 is 0 Å². The third-order valence-electron chi connectivity index (χ3n) is 4.46. The maximum Gasteiger partial charge on any atom is 0.220 e. The van der Waals surface area contributed by atoms with Crippen molar-refractivity contribution in [2.75, 3.05) is 13.1 Å². The van der Waals surface area contributed by atoms with Gasteiger partial charge in [0.2, 0.25) is 5.91 Å². The molecule has 1 aliphatic rings. The van der Waals surface area contributed by atoms with E-state index in [9.17, 15) is 4.79 Å². The zero-order valence-electron chi connectivity index (χ0n) is 13.2. The van der Waals surface area contributed by atoms with Crippen LogP contribution in [0.4, 0.5) is 0 Å². The van der Waals surface area contributed by atoms with Crippen molar-refractivity contribution in [1.29, 1.82) is 0 Å². The predicted octanol–water partition coefficient (Wildman–Crippen LogP) is 2.74. The monoisotopic (exact) mass is 292 g/mol. The molecular weight excluding hydrogens is 264 g/mol. The molecule has 0 radical (unpaired) electrons. The molecule has 3 unspecified atom stereocenters. The van der Waals surface area contributed by atoms with Gasteiger partial charge in [0.15, 0.2) is 0 Å². The molecule has 4 nitrogen and oxygen atoms in total. The SMILES string of the molecule is CC(CCc1ccco1)NC(=O)CC(C)C1CCCNC1. The van der Waals surface area contributed by atoms with E-state index in [-0.39, 0.29) is 11.9 Å². The molecule has 1 aromatic rings. The Kier molecular flexibility index (Phi) is 6.30. The van der Waals surface area contributed by atoms with Crippen LogP contribution < -0.4 is 10.6 Å². The molecule has 0 aliphatic carbocycles. The second-order valence-electron chi connectivity index (χ2n) is 6.37. The Morgan fingerprint density at radius 3 is 3.05 bits per heavy atom. The number of furan rings is 1. The molecule has 4 heteroatoms. The molecule has 2 N–H and O–H groups in total. The highest BCUT2D eigenvalue weighted by molar-refractivity contribution is 5.76. The van der Waals surface area contributed by atoms with Crippen molar-refractivity contribution in [1.82, 2.24) is 10.6 Å². The van der Waals surface area contributed by atoms with Gasteiger partial charge >= 0.3 is 0 Å². The topological polar surface area (TPSA) is 54.3 Å². The van der Waals surface area contributed by atoms with Crippen molar-refractivity contribution in [3.05, 3.63) is 24.2 Å². The largest absolute Gasteiger partial charge is 0.469 e. The van der Waals surface area contributed by atoms with Gasteiger partial charge in [0.25, 0.3) is 0 Å². The summed E-state index contributed by atoms with van der Waals surface area (Å²) in [6.45, 7) is 6.44. The Hall–Kier alpha value is -1.29. The Labute approximate surface area is 127 Å². The lowest BCUT2D eigenvalue weighted by Gasteiger charge is -2.28. The first-order valence-corrected chi connectivity index (χ1v) is 8.17. The smallest absolute Gasteiger partial charge is 0.220 e. The van der Waals surface area contributed by atoms with Gasteiger partial charge in [0.05, 0.1) is 6.26 Å². The molecule has 0 saturated carbocycles. The number of amides is 1. The number of rotatable bonds is 7. The molecule has 21 heavy (non-hydrogen) atoms. The van der Waals surface area contributed by atoms with Crippen molar-refractivity contribution < 1.29 is 9.21 Å². The van der Waals surface area contributed by atoms with Crippen molar-refractivity contribution >= 4 is 5.91 Å². The standard InChI is InChI=1S/C17H28N2O2/c1-13(15-5-3-9-18-12-15)11-17(20)19-14(2)7-8-16-6-4-10-21-16/h4,6,10,13-15,18H,3,5,7-9,11-12H2,1-2H3,(H,19,20). The Bertz CT molecular complexity index is 410. The van der Waals surface area contributed by atoms with Crippen LogP contribution in [0, 0.1) is 11.8 Å². The van der Waals surface area contributed by atoms with Crippen molar-refractivity contribution in [3.8, 4) is 0 Å². The average Bonchev–Trinajstić information content (AvgIpc) is 2.99. The second-order valence-corrected chi connectivity index (χ2v) is 6.37. The van der Waals surface area contributed by atoms with E-state index in [0.717, 1.165) is 31.7 Å². The molecule has 1 amide bonds. The molecule has 1 aliphatic heterocycles. The number of aryl methyl sites for hydroxylation is 1. The number of nitrogens with one attached hydrogen (secondary N) is 2. The second kappa shape index (κ2) is 8.23. The fourth-order valence-corrected chi connectivity index (χ4v) is 3.04. The third-order valence-corrected chi connectivity index (χ3v) is 4.46. The number of hydrogen-bond acceptors (Lipinski definition) is 3. The van der Waals surface area contributed by atoms with E-state index in [4.69, 9.17) is 4.42 Å². The van der Waals surface area contributed by atoms with Gasteiger partial charge in [-0.3, -0.25) is 4.79 Å². The van der Waals surface area contributed by atoms with E-state index in [1.54, 1.807) is 6.26 Å². The molecule has 1 saturated heterocycles. The maximum atomic E-state index is 12.1. The maximum absolute atomic E-state index is 12.1. The first-order chi connectivity index (χ1) is 10.1. The molecule has 1 aromatic heterocycles. The van der Waals surface area contributed by atoms with Gasteiger partial charge in [-0.05, 0) is 63.2 Å². The van der Waals surface area contributed by atoms with Gasteiger partial charge in [-0.15, -0.1) is 0 Å². The number of carbonyl (C=O) groups is 1. The van der Waals surface area contributed by atoms with Gasteiger partial charge in [0, 0.05) is 18.9 Å². The number of hydrogen-bond donors (Lipinski definition) is 2. The lowest BCUT2D eigenvalue weighted by atomic mass is 9.85. The highest BCUT2D eigenvalue weighted by Gasteiger charge is 2.22. The molecule has 2 heterocycles. The fourth-order valence-electron chi connectivity index (χ4n) is 3.04. The molecule has 0 aromatic carbocycles. The predicted molar refractivity (Wildman–Crippen MR) is 84.0 cm³/mol. The summed E-state index contributed by atoms with van der Waals surface area (Å²) in [5.74, 6) is 2.26. The van der Waals surface area contributed by atoms with Gasteiger partial charge in [0.1, 0.15) is 5.76 Å². The molecular formula is C17H28N2O2. The van der Waals surface area contributed by atoms with E-state index in [2.05, 4.69) is 24.5 Å². The summed E-state index contributed by atoms with van der Waals surface area (Å²) < 4.78 is 5.31. The molecule has 0 spiro atoms. The Morgan fingerprint density at radius 1 is 1.52 bits per heavy atom. The molecule has 0 bridgehead atoms. The van der Waals surface area contributed by atoms with Gasteiger partial charge in [-0.2, -0.15) is 0 Å². The van der Waals surface area contributed by atoms with Crippen molar-refractivity contribution in [3.63, 3.8) is 0 Å². The molecule has 3 atom stereocenters. The summed E-state index contributed by atoms with van der Waals surface area (Å²) in [4.78, 5) is 12.1. The van der Waals surface area contributed by atoms with Crippen LogP contribution in [0.1, 0.15) is 45.3 Å². The van der Waals surface area contributed by atoms with Crippen molar-refractivity contribution in [2.24, 2.45) is 11.8 Å². The van der Waals surface area contributed by atoms with Crippen LogP contribution in [0.2, 0.25) is 0 Å². The summed E-state index contributed by atoms with van der Waals surface area (Å²) in [7, 11) is 0. The fraction of sp³-hybridized carbons (Fsp3) is 0.706. The van der Waals surface area contributed by atoms with Gasteiger partial charge in [-0.1, -0.05) is 6.92 Å². The zero-order chi connectivity index (χ0) is 15.1. The first-order valence-electron chi connectivity index (χ1n) is 8.17. The quantitative estimate of drug-likeness (QED) is 0.812. The minimum absolute atomic E-state index is 0.181. The van der Waals surface area contributed by atoms with Crippen LogP contribution in [-0.2, 0) is 11.2 Å². The molecule has 2 rings (SSSR count). The third kappa shape index (κ3) is 5.54. The van der Waals surface area contributed by atoms with E-state index in [0.29, 0.717) is 18.3 Å². The zero-order valence-corrected chi connectivity index (χ0v) is 13.2. The van der Waals surface area contributed by atoms with Gasteiger partial charge < -0.3 is 15.1 Å². The van der Waals surface area contributed by atoms with Crippen LogP contribution in [0.15, 0.2) is 22.8 Å². The van der Waals surface area contributed by atoms with E-state index in [1.807, 2.05) is 12.1 Å². The average molecular weight is 292 g/mol. The molecule has 1 fully saturated rings. The van der Waals surface area contributed by atoms with Crippen LogP contribution in [-0.4, -0.2) is 25.0 Å². The van der Waals surface area contributed by atoms with Crippen LogP contribution in [0.25, 0.3) is 0 Å². The van der Waals surface area contributed by atoms with Crippen LogP contribution in [0.3, 0.4) is 0 Å². The summed E-state index contributed by atoms with van der Waals surface area (Å²) in [5, 5.41) is 6.53. The summed E-state index contributed by atoms with van der Waals surface area (Å²) in [6, 6.07) is 4.07. The number of carbonyl (C=O) groups excluding carboxylic acids is 1. The minimum Gasteiger partial charge on any atom is -0.469 e. The minimum atomic E-state index is 0.181.